The normalized spacial score (nSPS) is 16.1. The minimum atomic E-state index is -0.824. The summed E-state index contributed by atoms with van der Waals surface area (Å²) in [4.78, 5) is 41.1. The number of thiazole rings is 1. The molecule has 0 bridgehead atoms. The van der Waals surface area contributed by atoms with Crippen LogP contribution in [0.3, 0.4) is 0 Å². The van der Waals surface area contributed by atoms with Gasteiger partial charge in [-0.2, -0.15) is 0 Å². The molecule has 9 heteroatoms. The summed E-state index contributed by atoms with van der Waals surface area (Å²) in [5.74, 6) is -1.46. The first-order chi connectivity index (χ1) is 13.5. The summed E-state index contributed by atoms with van der Waals surface area (Å²) >= 11 is 1.17. The minimum absolute atomic E-state index is 0.0129. The lowest BCUT2D eigenvalue weighted by molar-refractivity contribution is -0.118. The first-order valence-corrected chi connectivity index (χ1v) is 9.38. The highest BCUT2D eigenvalue weighted by Crippen LogP contribution is 2.26. The number of carbonyl (C=O) groups is 3. The van der Waals surface area contributed by atoms with E-state index in [2.05, 4.69) is 20.9 Å². The van der Waals surface area contributed by atoms with Crippen LogP contribution in [0.15, 0.2) is 42.5 Å². The zero-order valence-electron chi connectivity index (χ0n) is 14.5. The van der Waals surface area contributed by atoms with E-state index in [4.69, 9.17) is 0 Å². The van der Waals surface area contributed by atoms with Gasteiger partial charge in [-0.25, -0.2) is 9.37 Å². The molecule has 0 unspecified atom stereocenters. The Bertz CT molecular complexity index is 1100. The average Bonchev–Trinajstić information content (AvgIpc) is 3.00. The van der Waals surface area contributed by atoms with Crippen molar-refractivity contribution < 1.29 is 18.8 Å². The summed E-state index contributed by atoms with van der Waals surface area (Å²) in [6.07, 6.45) is 0.149. The predicted molar refractivity (Wildman–Crippen MR) is 104 cm³/mol. The number of para-hydroxylation sites is 1. The molecule has 2 heterocycles. The fraction of sp³-hybridized carbons (Fsp3) is 0.158. The van der Waals surface area contributed by atoms with Gasteiger partial charge in [-0.05, 0) is 36.8 Å². The van der Waals surface area contributed by atoms with Crippen molar-refractivity contribution >= 4 is 50.1 Å². The highest BCUT2D eigenvalue weighted by molar-refractivity contribution is 7.22. The van der Waals surface area contributed by atoms with Crippen molar-refractivity contribution in [3.05, 3.63) is 53.8 Å². The lowest BCUT2D eigenvalue weighted by Gasteiger charge is -2.13. The smallest absolute Gasteiger partial charge is 0.254 e. The Morgan fingerprint density at radius 3 is 2.89 bits per heavy atom. The number of carbonyl (C=O) groups excluding carboxylic acids is 3. The van der Waals surface area contributed by atoms with Gasteiger partial charge in [-0.15, -0.1) is 0 Å². The second kappa shape index (κ2) is 7.35. The zero-order chi connectivity index (χ0) is 19.7. The lowest BCUT2D eigenvalue weighted by atomic mass is 10.1. The number of nitrogens with zero attached hydrogens (tertiary/aromatic N) is 1. The van der Waals surface area contributed by atoms with E-state index in [1.807, 2.05) is 0 Å². The van der Waals surface area contributed by atoms with E-state index in [0.717, 1.165) is 0 Å². The van der Waals surface area contributed by atoms with Gasteiger partial charge in [-0.3, -0.25) is 14.4 Å². The summed E-state index contributed by atoms with van der Waals surface area (Å²) in [5, 5.41) is 8.35. The number of hydrogen-bond acceptors (Lipinski definition) is 5. The standard InChI is InChI=1S/C19H15FN4O3S/c20-10-5-6-13-15(9-10)28-19(23-13)24-16(25)8-7-14-18(27)21-12-4-2-1-3-11(12)17(26)22-14/h1-6,9,14H,7-8H2,(H,21,27)(H,22,26)(H,23,24,25)/t14-/m0/s1. The van der Waals surface area contributed by atoms with Crippen molar-refractivity contribution in [2.75, 3.05) is 10.6 Å². The fourth-order valence-corrected chi connectivity index (χ4v) is 3.83. The first kappa shape index (κ1) is 18.1. The molecule has 4 rings (SSSR count). The van der Waals surface area contributed by atoms with Crippen molar-refractivity contribution in [2.45, 2.75) is 18.9 Å². The predicted octanol–water partition coefficient (Wildman–Crippen LogP) is 2.90. The van der Waals surface area contributed by atoms with Crippen molar-refractivity contribution in [3.8, 4) is 0 Å². The number of hydrogen-bond donors (Lipinski definition) is 3. The van der Waals surface area contributed by atoms with Crippen LogP contribution >= 0.6 is 11.3 Å². The Kier molecular flexibility index (Phi) is 4.74. The van der Waals surface area contributed by atoms with Gasteiger partial charge in [0.25, 0.3) is 5.91 Å². The van der Waals surface area contributed by atoms with Gasteiger partial charge < -0.3 is 16.0 Å². The molecule has 1 aliphatic heterocycles. The number of halogens is 1. The molecule has 1 aliphatic rings. The van der Waals surface area contributed by atoms with E-state index in [-0.39, 0.29) is 36.4 Å². The molecular formula is C19H15FN4O3S. The molecule has 0 fully saturated rings. The monoisotopic (exact) mass is 398 g/mol. The Labute approximate surface area is 163 Å². The van der Waals surface area contributed by atoms with E-state index in [1.54, 1.807) is 30.3 Å². The van der Waals surface area contributed by atoms with Gasteiger partial charge in [0.05, 0.1) is 21.5 Å². The molecule has 0 saturated carbocycles. The molecule has 2 aromatic carbocycles. The van der Waals surface area contributed by atoms with Crippen molar-refractivity contribution in [1.82, 2.24) is 10.3 Å². The molecule has 3 amide bonds. The second-order valence-electron chi connectivity index (χ2n) is 6.28. The van der Waals surface area contributed by atoms with Crippen LogP contribution in [0, 0.1) is 5.82 Å². The molecule has 7 nitrogen and oxygen atoms in total. The summed E-state index contributed by atoms with van der Waals surface area (Å²) in [6, 6.07) is 10.1. The largest absolute Gasteiger partial charge is 0.340 e. The maximum Gasteiger partial charge on any atom is 0.254 e. The summed E-state index contributed by atoms with van der Waals surface area (Å²) in [7, 11) is 0. The minimum Gasteiger partial charge on any atom is -0.340 e. The van der Waals surface area contributed by atoms with E-state index in [0.29, 0.717) is 26.6 Å². The molecule has 28 heavy (non-hydrogen) atoms. The molecular weight excluding hydrogens is 383 g/mol. The van der Waals surface area contributed by atoms with Crippen LogP contribution in [0.2, 0.25) is 0 Å². The van der Waals surface area contributed by atoms with Gasteiger partial charge in [0.1, 0.15) is 11.9 Å². The Hall–Kier alpha value is -3.33. The Morgan fingerprint density at radius 1 is 1.21 bits per heavy atom. The van der Waals surface area contributed by atoms with Crippen LogP contribution in [0.5, 0.6) is 0 Å². The Morgan fingerprint density at radius 2 is 2.04 bits per heavy atom. The number of amides is 3. The van der Waals surface area contributed by atoms with E-state index in [9.17, 15) is 18.8 Å². The van der Waals surface area contributed by atoms with Crippen LogP contribution in [-0.2, 0) is 9.59 Å². The summed E-state index contributed by atoms with van der Waals surface area (Å²) in [5.41, 5.74) is 1.41. The van der Waals surface area contributed by atoms with E-state index < -0.39 is 6.04 Å². The zero-order valence-corrected chi connectivity index (χ0v) is 15.3. The third-order valence-corrected chi connectivity index (χ3v) is 5.24. The van der Waals surface area contributed by atoms with Crippen LogP contribution in [0.25, 0.3) is 10.2 Å². The van der Waals surface area contributed by atoms with Crippen LogP contribution < -0.4 is 16.0 Å². The van der Waals surface area contributed by atoms with Gasteiger partial charge in [-0.1, -0.05) is 23.5 Å². The maximum atomic E-state index is 13.3. The third kappa shape index (κ3) is 3.70. The molecule has 0 saturated heterocycles. The number of fused-ring (bicyclic) bond motifs is 2. The highest BCUT2D eigenvalue weighted by Gasteiger charge is 2.27. The van der Waals surface area contributed by atoms with E-state index in [1.165, 1.54) is 23.5 Å². The first-order valence-electron chi connectivity index (χ1n) is 8.56. The van der Waals surface area contributed by atoms with Gasteiger partial charge in [0, 0.05) is 6.42 Å². The maximum absolute atomic E-state index is 13.3. The topological polar surface area (TPSA) is 100 Å². The molecule has 0 radical (unpaired) electrons. The molecule has 0 spiro atoms. The number of benzene rings is 2. The number of rotatable bonds is 4. The molecule has 0 aliphatic carbocycles. The average molecular weight is 398 g/mol. The van der Waals surface area contributed by atoms with Gasteiger partial charge in [0.2, 0.25) is 11.8 Å². The van der Waals surface area contributed by atoms with Crippen LogP contribution in [-0.4, -0.2) is 28.7 Å². The van der Waals surface area contributed by atoms with E-state index >= 15 is 0 Å². The van der Waals surface area contributed by atoms with Crippen molar-refractivity contribution in [3.63, 3.8) is 0 Å². The van der Waals surface area contributed by atoms with Gasteiger partial charge >= 0.3 is 0 Å². The Balaban J connectivity index is 1.39. The molecule has 1 atom stereocenters. The fourth-order valence-electron chi connectivity index (χ4n) is 2.92. The highest BCUT2D eigenvalue weighted by atomic mass is 32.1. The lowest BCUT2D eigenvalue weighted by Crippen LogP contribution is -2.41. The van der Waals surface area contributed by atoms with Gasteiger partial charge in [0.15, 0.2) is 5.13 Å². The third-order valence-electron chi connectivity index (χ3n) is 4.31. The second-order valence-corrected chi connectivity index (χ2v) is 7.31. The molecule has 3 N–H and O–H groups in total. The molecule has 1 aromatic heterocycles. The molecule has 142 valence electrons. The molecule has 3 aromatic rings. The SMILES string of the molecule is O=C(CC[C@@H]1NC(=O)c2ccccc2NC1=O)Nc1nc2ccc(F)cc2s1. The quantitative estimate of drug-likeness (QED) is 0.629. The van der Waals surface area contributed by atoms with Crippen LogP contribution in [0.1, 0.15) is 23.2 Å². The van der Waals surface area contributed by atoms with Crippen molar-refractivity contribution in [2.24, 2.45) is 0 Å². The van der Waals surface area contributed by atoms with Crippen molar-refractivity contribution in [1.29, 1.82) is 0 Å². The summed E-state index contributed by atoms with van der Waals surface area (Å²) < 4.78 is 13.9. The number of anilines is 2. The number of aromatic nitrogens is 1. The summed E-state index contributed by atoms with van der Waals surface area (Å²) in [6.45, 7) is 0. The number of nitrogens with one attached hydrogen (secondary N) is 3. The van der Waals surface area contributed by atoms with Crippen LogP contribution in [0.4, 0.5) is 15.2 Å².